The molecule has 0 radical (unpaired) electrons. The van der Waals surface area contributed by atoms with E-state index >= 15 is 0 Å². The van der Waals surface area contributed by atoms with E-state index in [0.717, 1.165) is 23.2 Å². The third-order valence-electron chi connectivity index (χ3n) is 2.42. The number of aromatic hydroxyl groups is 1. The van der Waals surface area contributed by atoms with Crippen LogP contribution in [0.2, 0.25) is 0 Å². The minimum absolute atomic E-state index is 0.311. The summed E-state index contributed by atoms with van der Waals surface area (Å²) < 4.78 is 1.84. The highest BCUT2D eigenvalue weighted by molar-refractivity contribution is 5.69. The van der Waals surface area contributed by atoms with Crippen LogP contribution in [-0.2, 0) is 6.54 Å². The molecule has 2 aromatic rings. The Morgan fingerprint density at radius 3 is 2.80 bits per heavy atom. The lowest BCUT2D eigenvalue weighted by atomic mass is 10.1. The van der Waals surface area contributed by atoms with Crippen LogP contribution in [0.5, 0.6) is 5.75 Å². The molecule has 0 saturated carbocycles. The van der Waals surface area contributed by atoms with Crippen LogP contribution >= 0.6 is 0 Å². The van der Waals surface area contributed by atoms with Crippen LogP contribution in [0.3, 0.4) is 0 Å². The fraction of sp³-hybridized carbons (Fsp3) is 0.250. The van der Waals surface area contributed by atoms with Gasteiger partial charge in [0.25, 0.3) is 0 Å². The van der Waals surface area contributed by atoms with Crippen molar-refractivity contribution in [2.75, 3.05) is 0 Å². The molecule has 1 heterocycles. The fourth-order valence-corrected chi connectivity index (χ4v) is 1.56. The highest BCUT2D eigenvalue weighted by Gasteiger charge is 2.06. The molecule has 0 bridgehead atoms. The average Bonchev–Trinajstić information content (AvgIpc) is 2.66. The largest absolute Gasteiger partial charge is 0.507 e. The second-order valence-electron chi connectivity index (χ2n) is 3.61. The number of benzene rings is 1. The van der Waals surface area contributed by atoms with Gasteiger partial charge in [-0.15, -0.1) is 0 Å². The third kappa shape index (κ3) is 1.86. The van der Waals surface area contributed by atoms with Crippen LogP contribution in [0, 0.1) is 6.92 Å². The number of phenolic OH excluding ortho intramolecular Hbond substituents is 1. The zero-order valence-electron chi connectivity index (χ0n) is 8.94. The topological polar surface area (TPSA) is 38.0 Å². The molecule has 0 atom stereocenters. The standard InChI is InChI=1S/C12H14N2O/c1-3-14-8-10(7-13-14)11-5-4-9(2)6-12(11)15/h4-8,15H,3H2,1-2H3. The summed E-state index contributed by atoms with van der Waals surface area (Å²) in [6.45, 7) is 4.83. The van der Waals surface area contributed by atoms with Crippen molar-refractivity contribution in [1.29, 1.82) is 0 Å². The lowest BCUT2D eigenvalue weighted by Gasteiger charge is -2.02. The van der Waals surface area contributed by atoms with E-state index in [9.17, 15) is 5.11 Å². The number of rotatable bonds is 2. The molecule has 78 valence electrons. The highest BCUT2D eigenvalue weighted by Crippen LogP contribution is 2.29. The molecule has 0 unspecified atom stereocenters. The summed E-state index contributed by atoms with van der Waals surface area (Å²) in [6, 6.07) is 5.67. The maximum absolute atomic E-state index is 9.79. The molecule has 3 heteroatoms. The average molecular weight is 202 g/mol. The number of aromatic nitrogens is 2. The number of hydrogen-bond donors (Lipinski definition) is 1. The van der Waals surface area contributed by atoms with Crippen LogP contribution in [0.1, 0.15) is 12.5 Å². The zero-order chi connectivity index (χ0) is 10.8. The van der Waals surface area contributed by atoms with Gasteiger partial charge in [0.15, 0.2) is 0 Å². The van der Waals surface area contributed by atoms with Gasteiger partial charge in [-0.2, -0.15) is 5.10 Å². The van der Waals surface area contributed by atoms with Gasteiger partial charge in [-0.3, -0.25) is 4.68 Å². The van der Waals surface area contributed by atoms with Crippen molar-refractivity contribution in [3.63, 3.8) is 0 Å². The van der Waals surface area contributed by atoms with Crippen LogP contribution in [0.4, 0.5) is 0 Å². The Bertz CT molecular complexity index is 474. The summed E-state index contributed by atoms with van der Waals surface area (Å²) >= 11 is 0. The SMILES string of the molecule is CCn1cc(-c2ccc(C)cc2O)cn1. The molecular formula is C12H14N2O. The molecule has 0 spiro atoms. The van der Waals surface area contributed by atoms with Crippen molar-refractivity contribution in [2.24, 2.45) is 0 Å². The van der Waals surface area contributed by atoms with Gasteiger partial charge in [0.1, 0.15) is 5.75 Å². The van der Waals surface area contributed by atoms with Crippen LogP contribution < -0.4 is 0 Å². The predicted octanol–water partition coefficient (Wildman–Crippen LogP) is 2.58. The zero-order valence-corrected chi connectivity index (χ0v) is 8.94. The van der Waals surface area contributed by atoms with Gasteiger partial charge in [-0.1, -0.05) is 12.1 Å². The summed E-state index contributed by atoms with van der Waals surface area (Å²) in [5, 5.41) is 14.0. The van der Waals surface area contributed by atoms with E-state index in [0.29, 0.717) is 5.75 Å². The van der Waals surface area contributed by atoms with Crippen molar-refractivity contribution < 1.29 is 5.11 Å². The smallest absolute Gasteiger partial charge is 0.123 e. The molecule has 1 aromatic heterocycles. The number of aryl methyl sites for hydroxylation is 2. The van der Waals surface area contributed by atoms with E-state index in [2.05, 4.69) is 5.10 Å². The summed E-state index contributed by atoms with van der Waals surface area (Å²) in [7, 11) is 0. The molecule has 0 aliphatic rings. The van der Waals surface area contributed by atoms with Gasteiger partial charge in [0, 0.05) is 23.9 Å². The summed E-state index contributed by atoms with van der Waals surface area (Å²) in [5.74, 6) is 0.311. The Morgan fingerprint density at radius 2 is 2.20 bits per heavy atom. The second kappa shape index (κ2) is 3.77. The van der Waals surface area contributed by atoms with Crippen molar-refractivity contribution in [1.82, 2.24) is 9.78 Å². The Labute approximate surface area is 89.0 Å². The second-order valence-corrected chi connectivity index (χ2v) is 3.61. The molecule has 1 aromatic carbocycles. The van der Waals surface area contributed by atoms with Crippen molar-refractivity contribution >= 4 is 0 Å². The molecule has 2 rings (SSSR count). The number of hydrogen-bond acceptors (Lipinski definition) is 2. The minimum atomic E-state index is 0.311. The highest BCUT2D eigenvalue weighted by atomic mass is 16.3. The van der Waals surface area contributed by atoms with Gasteiger partial charge in [-0.05, 0) is 25.5 Å². The minimum Gasteiger partial charge on any atom is -0.507 e. The Morgan fingerprint density at radius 1 is 1.40 bits per heavy atom. The molecule has 0 aliphatic carbocycles. The quantitative estimate of drug-likeness (QED) is 0.812. The molecule has 0 aliphatic heterocycles. The molecule has 1 N–H and O–H groups in total. The van der Waals surface area contributed by atoms with Crippen LogP contribution in [0.15, 0.2) is 30.6 Å². The van der Waals surface area contributed by atoms with Crippen LogP contribution in [0.25, 0.3) is 11.1 Å². The van der Waals surface area contributed by atoms with E-state index in [1.807, 2.05) is 36.9 Å². The van der Waals surface area contributed by atoms with E-state index in [1.54, 1.807) is 12.3 Å². The summed E-state index contributed by atoms with van der Waals surface area (Å²) in [4.78, 5) is 0. The first-order chi connectivity index (χ1) is 7.20. The first-order valence-electron chi connectivity index (χ1n) is 5.03. The number of phenols is 1. The molecule has 0 saturated heterocycles. The Balaban J connectivity index is 2.44. The third-order valence-corrected chi connectivity index (χ3v) is 2.42. The maximum atomic E-state index is 9.79. The van der Waals surface area contributed by atoms with Crippen molar-refractivity contribution in [3.05, 3.63) is 36.2 Å². The van der Waals surface area contributed by atoms with E-state index in [-0.39, 0.29) is 0 Å². The number of nitrogens with zero attached hydrogens (tertiary/aromatic N) is 2. The molecule has 0 amide bonds. The van der Waals surface area contributed by atoms with Gasteiger partial charge in [0.05, 0.1) is 6.20 Å². The summed E-state index contributed by atoms with van der Waals surface area (Å²) in [5.41, 5.74) is 2.84. The summed E-state index contributed by atoms with van der Waals surface area (Å²) in [6.07, 6.45) is 3.71. The normalized spacial score (nSPS) is 10.5. The molecule has 15 heavy (non-hydrogen) atoms. The lowest BCUT2D eigenvalue weighted by Crippen LogP contribution is -1.91. The van der Waals surface area contributed by atoms with Gasteiger partial charge in [0.2, 0.25) is 0 Å². The van der Waals surface area contributed by atoms with Crippen LogP contribution in [-0.4, -0.2) is 14.9 Å². The van der Waals surface area contributed by atoms with E-state index in [1.165, 1.54) is 0 Å². The predicted molar refractivity (Wildman–Crippen MR) is 59.7 cm³/mol. The molecule has 0 fully saturated rings. The van der Waals surface area contributed by atoms with Gasteiger partial charge < -0.3 is 5.11 Å². The monoisotopic (exact) mass is 202 g/mol. The first kappa shape index (κ1) is 9.77. The fourth-order valence-electron chi connectivity index (χ4n) is 1.56. The molecular weight excluding hydrogens is 188 g/mol. The first-order valence-corrected chi connectivity index (χ1v) is 5.03. The Kier molecular flexibility index (Phi) is 2.46. The molecule has 3 nitrogen and oxygen atoms in total. The maximum Gasteiger partial charge on any atom is 0.123 e. The lowest BCUT2D eigenvalue weighted by molar-refractivity contribution is 0.477. The van der Waals surface area contributed by atoms with Crippen molar-refractivity contribution in [2.45, 2.75) is 20.4 Å². The van der Waals surface area contributed by atoms with Gasteiger partial charge >= 0.3 is 0 Å². The van der Waals surface area contributed by atoms with E-state index in [4.69, 9.17) is 0 Å². The van der Waals surface area contributed by atoms with Gasteiger partial charge in [-0.25, -0.2) is 0 Å². The van der Waals surface area contributed by atoms with Crippen molar-refractivity contribution in [3.8, 4) is 16.9 Å². The Hall–Kier alpha value is -1.77. The van der Waals surface area contributed by atoms with E-state index < -0.39 is 0 Å².